The maximum Gasteiger partial charge on any atom is 0.139 e. The number of aromatic nitrogens is 2. The summed E-state index contributed by atoms with van der Waals surface area (Å²) in [5.74, 6) is 2.96. The molecule has 106 valence electrons. The zero-order valence-electron chi connectivity index (χ0n) is 11.7. The molecular weight excluding hydrogens is 282 g/mol. The molecule has 0 saturated heterocycles. The molecule has 3 heterocycles. The van der Waals surface area contributed by atoms with Gasteiger partial charge < -0.3 is 10.1 Å². The van der Waals surface area contributed by atoms with Crippen LogP contribution in [0.3, 0.4) is 0 Å². The summed E-state index contributed by atoms with van der Waals surface area (Å²) in [6.45, 7) is 0.636. The summed E-state index contributed by atoms with van der Waals surface area (Å²) in [5, 5.41) is 6.31. The second kappa shape index (κ2) is 5.00. The van der Waals surface area contributed by atoms with Crippen LogP contribution < -0.4 is 10.1 Å². The van der Waals surface area contributed by atoms with Gasteiger partial charge in [-0.05, 0) is 29.5 Å². The molecule has 1 unspecified atom stereocenters. The van der Waals surface area contributed by atoms with E-state index in [4.69, 9.17) is 14.7 Å². The van der Waals surface area contributed by atoms with Crippen molar-refractivity contribution in [2.45, 2.75) is 12.3 Å². The number of para-hydroxylation sites is 1. The summed E-state index contributed by atoms with van der Waals surface area (Å²) in [5.41, 5.74) is 1.23. The first-order valence-corrected chi connectivity index (χ1v) is 7.86. The highest BCUT2D eigenvalue weighted by atomic mass is 32.1. The predicted octanol–water partition coefficient (Wildman–Crippen LogP) is 3.45. The number of thiophene rings is 1. The van der Waals surface area contributed by atoms with Gasteiger partial charge in [0.05, 0.1) is 17.9 Å². The second-order valence-electron chi connectivity index (χ2n) is 5.14. The lowest BCUT2D eigenvalue weighted by molar-refractivity contribution is 0.258. The van der Waals surface area contributed by atoms with Crippen LogP contribution in [-0.2, 0) is 6.42 Å². The topological polar surface area (TPSA) is 47.0 Å². The number of fused-ring (bicyclic) bond motifs is 2. The summed E-state index contributed by atoms with van der Waals surface area (Å²) in [7, 11) is 1.90. The van der Waals surface area contributed by atoms with Crippen LogP contribution >= 0.6 is 11.3 Å². The molecule has 2 aromatic heterocycles. The molecule has 4 nitrogen and oxygen atoms in total. The highest BCUT2D eigenvalue weighted by molar-refractivity contribution is 7.16. The van der Waals surface area contributed by atoms with E-state index >= 15 is 0 Å². The summed E-state index contributed by atoms with van der Waals surface area (Å²) in [6, 6.07) is 10.2. The summed E-state index contributed by atoms with van der Waals surface area (Å²) in [4.78, 5) is 10.5. The standard InChI is InChI=1S/C16H15N3OS/c1-17-15-12-6-7-21-16(12)19-14(18-15)11-8-10-4-2-3-5-13(10)20-9-11/h2-7,11H,8-9H2,1H3,(H,17,18,19). The molecule has 5 heteroatoms. The Morgan fingerprint density at radius 2 is 2.14 bits per heavy atom. The van der Waals surface area contributed by atoms with E-state index in [-0.39, 0.29) is 5.92 Å². The quantitative estimate of drug-likeness (QED) is 0.787. The molecule has 1 aliphatic heterocycles. The van der Waals surface area contributed by atoms with E-state index in [2.05, 4.69) is 22.8 Å². The third-order valence-corrected chi connectivity index (χ3v) is 4.63. The fourth-order valence-corrected chi connectivity index (χ4v) is 3.51. The fourth-order valence-electron chi connectivity index (χ4n) is 2.74. The Labute approximate surface area is 126 Å². The second-order valence-corrected chi connectivity index (χ2v) is 6.03. The SMILES string of the molecule is CNc1nc(C2COc3ccccc3C2)nc2sccc12. The number of hydrogen-bond acceptors (Lipinski definition) is 5. The van der Waals surface area contributed by atoms with Crippen molar-refractivity contribution < 1.29 is 4.74 Å². The van der Waals surface area contributed by atoms with E-state index in [1.54, 1.807) is 11.3 Å². The Bertz CT molecular complexity index is 799. The molecule has 0 spiro atoms. The Morgan fingerprint density at radius 3 is 3.05 bits per heavy atom. The minimum Gasteiger partial charge on any atom is -0.493 e. The molecule has 3 aromatic rings. The Hall–Kier alpha value is -2.14. The highest BCUT2D eigenvalue weighted by Crippen LogP contribution is 2.33. The van der Waals surface area contributed by atoms with Crippen LogP contribution in [0.2, 0.25) is 0 Å². The molecule has 0 amide bonds. The fraction of sp³-hybridized carbons (Fsp3) is 0.250. The third-order valence-electron chi connectivity index (χ3n) is 3.82. The van der Waals surface area contributed by atoms with Crippen molar-refractivity contribution in [3.05, 3.63) is 47.1 Å². The zero-order chi connectivity index (χ0) is 14.2. The van der Waals surface area contributed by atoms with E-state index in [0.29, 0.717) is 6.61 Å². The molecule has 0 fully saturated rings. The van der Waals surface area contributed by atoms with Crippen molar-refractivity contribution in [3.63, 3.8) is 0 Å². The van der Waals surface area contributed by atoms with Gasteiger partial charge in [-0.1, -0.05) is 18.2 Å². The van der Waals surface area contributed by atoms with Crippen molar-refractivity contribution in [1.29, 1.82) is 0 Å². The highest BCUT2D eigenvalue weighted by Gasteiger charge is 2.24. The molecule has 1 aromatic carbocycles. The van der Waals surface area contributed by atoms with Crippen LogP contribution in [0.5, 0.6) is 5.75 Å². The predicted molar refractivity (Wildman–Crippen MR) is 85.3 cm³/mol. The number of hydrogen-bond donors (Lipinski definition) is 1. The summed E-state index contributed by atoms with van der Waals surface area (Å²) in [6.07, 6.45) is 0.927. The smallest absolute Gasteiger partial charge is 0.139 e. The van der Waals surface area contributed by atoms with Crippen LogP contribution in [0.25, 0.3) is 10.2 Å². The van der Waals surface area contributed by atoms with Crippen molar-refractivity contribution >= 4 is 27.4 Å². The van der Waals surface area contributed by atoms with Gasteiger partial charge in [-0.15, -0.1) is 11.3 Å². The average Bonchev–Trinajstić information content (AvgIpc) is 3.02. The number of rotatable bonds is 2. The molecule has 1 atom stereocenters. The Kier molecular flexibility index (Phi) is 3.00. The van der Waals surface area contributed by atoms with Crippen molar-refractivity contribution in [2.24, 2.45) is 0 Å². The molecule has 0 bridgehead atoms. The van der Waals surface area contributed by atoms with E-state index in [1.807, 2.05) is 25.2 Å². The Morgan fingerprint density at radius 1 is 1.24 bits per heavy atom. The molecule has 0 saturated carbocycles. The lowest BCUT2D eigenvalue weighted by atomic mass is 9.96. The first-order valence-electron chi connectivity index (χ1n) is 6.99. The van der Waals surface area contributed by atoms with Gasteiger partial charge in [0, 0.05) is 7.05 Å². The van der Waals surface area contributed by atoms with E-state index < -0.39 is 0 Å². The number of nitrogens with one attached hydrogen (secondary N) is 1. The van der Waals surface area contributed by atoms with Gasteiger partial charge in [0.25, 0.3) is 0 Å². The number of anilines is 1. The zero-order valence-corrected chi connectivity index (χ0v) is 12.5. The van der Waals surface area contributed by atoms with Gasteiger partial charge in [0.15, 0.2) is 0 Å². The van der Waals surface area contributed by atoms with Gasteiger partial charge in [-0.3, -0.25) is 0 Å². The van der Waals surface area contributed by atoms with E-state index in [0.717, 1.165) is 34.0 Å². The van der Waals surface area contributed by atoms with Crippen LogP contribution in [0.4, 0.5) is 5.82 Å². The number of ether oxygens (including phenoxy) is 1. The third kappa shape index (κ3) is 2.14. The molecule has 1 N–H and O–H groups in total. The van der Waals surface area contributed by atoms with Crippen LogP contribution in [-0.4, -0.2) is 23.6 Å². The molecular formula is C16H15N3OS. The number of nitrogens with zero attached hydrogens (tertiary/aromatic N) is 2. The molecule has 0 radical (unpaired) electrons. The van der Waals surface area contributed by atoms with Crippen molar-refractivity contribution in [3.8, 4) is 5.75 Å². The summed E-state index contributed by atoms with van der Waals surface area (Å²) >= 11 is 1.65. The normalized spacial score (nSPS) is 17.3. The maximum absolute atomic E-state index is 5.86. The van der Waals surface area contributed by atoms with Gasteiger partial charge in [-0.25, -0.2) is 9.97 Å². The maximum atomic E-state index is 5.86. The molecule has 0 aliphatic carbocycles. The first-order chi connectivity index (χ1) is 10.3. The average molecular weight is 297 g/mol. The minimum atomic E-state index is 0.207. The number of benzene rings is 1. The van der Waals surface area contributed by atoms with Crippen LogP contribution in [0, 0.1) is 0 Å². The molecule has 4 rings (SSSR count). The lowest BCUT2D eigenvalue weighted by Gasteiger charge is -2.24. The van der Waals surface area contributed by atoms with Gasteiger partial charge >= 0.3 is 0 Å². The monoisotopic (exact) mass is 297 g/mol. The van der Waals surface area contributed by atoms with Crippen LogP contribution in [0.1, 0.15) is 17.3 Å². The van der Waals surface area contributed by atoms with E-state index in [1.165, 1.54) is 5.56 Å². The molecule has 1 aliphatic rings. The van der Waals surface area contributed by atoms with E-state index in [9.17, 15) is 0 Å². The first kappa shape index (κ1) is 12.6. The van der Waals surface area contributed by atoms with Crippen molar-refractivity contribution in [2.75, 3.05) is 19.0 Å². The largest absolute Gasteiger partial charge is 0.493 e. The molecule has 21 heavy (non-hydrogen) atoms. The minimum absolute atomic E-state index is 0.207. The summed E-state index contributed by atoms with van der Waals surface area (Å²) < 4.78 is 5.86. The Balaban J connectivity index is 1.74. The van der Waals surface area contributed by atoms with Crippen molar-refractivity contribution in [1.82, 2.24) is 9.97 Å². The van der Waals surface area contributed by atoms with Gasteiger partial charge in [0.2, 0.25) is 0 Å². The van der Waals surface area contributed by atoms with Crippen LogP contribution in [0.15, 0.2) is 35.7 Å². The van der Waals surface area contributed by atoms with Gasteiger partial charge in [-0.2, -0.15) is 0 Å². The lowest BCUT2D eigenvalue weighted by Crippen LogP contribution is -2.21. The van der Waals surface area contributed by atoms with Gasteiger partial charge in [0.1, 0.15) is 22.2 Å².